The van der Waals surface area contributed by atoms with Gasteiger partial charge in [-0.2, -0.15) is 0 Å². The van der Waals surface area contributed by atoms with Gasteiger partial charge in [-0.05, 0) is 37.8 Å². The minimum absolute atomic E-state index is 0.0848. The Morgan fingerprint density at radius 3 is 2.86 bits per heavy atom. The number of likely N-dealkylation sites (N-methyl/N-ethyl adjacent to an activating group) is 1. The monoisotopic (exact) mass is 284 g/mol. The second-order valence-corrected chi connectivity index (χ2v) is 5.92. The van der Waals surface area contributed by atoms with E-state index in [0.717, 1.165) is 29.4 Å². The van der Waals surface area contributed by atoms with Gasteiger partial charge < -0.3 is 10.0 Å². The van der Waals surface area contributed by atoms with Crippen molar-refractivity contribution in [2.24, 2.45) is 5.92 Å². The van der Waals surface area contributed by atoms with Crippen LogP contribution in [0.15, 0.2) is 30.3 Å². The van der Waals surface area contributed by atoms with E-state index in [1.807, 2.05) is 31.2 Å². The number of aryl methyl sites for hydroxylation is 1. The molecule has 1 aliphatic rings. The molecule has 1 aromatic heterocycles. The smallest absolute Gasteiger partial charge is 0.255 e. The Bertz CT molecular complexity index is 680. The zero-order valence-corrected chi connectivity index (χ0v) is 12.4. The highest BCUT2D eigenvalue weighted by atomic mass is 16.3. The number of fused-ring (bicyclic) bond motifs is 1. The number of hydrogen-bond acceptors (Lipinski definition) is 3. The van der Waals surface area contributed by atoms with Gasteiger partial charge in [-0.25, -0.2) is 0 Å². The van der Waals surface area contributed by atoms with Crippen LogP contribution in [0.25, 0.3) is 10.9 Å². The number of carbonyl (C=O) groups excluding carboxylic acids is 1. The third kappa shape index (κ3) is 2.90. The Morgan fingerprint density at radius 2 is 2.14 bits per heavy atom. The molecule has 0 aliphatic heterocycles. The molecule has 4 nitrogen and oxygen atoms in total. The van der Waals surface area contributed by atoms with Crippen LogP contribution in [0.2, 0.25) is 0 Å². The first kappa shape index (κ1) is 14.0. The summed E-state index contributed by atoms with van der Waals surface area (Å²) in [6.07, 6.45) is 1.72. The molecule has 1 amide bonds. The number of carbonyl (C=O) groups is 1. The summed E-state index contributed by atoms with van der Waals surface area (Å²) >= 11 is 0. The van der Waals surface area contributed by atoms with E-state index in [1.165, 1.54) is 0 Å². The minimum Gasteiger partial charge on any atom is -0.391 e. The lowest BCUT2D eigenvalue weighted by atomic mass is 10.1. The van der Waals surface area contributed by atoms with Crippen molar-refractivity contribution in [2.75, 3.05) is 13.6 Å². The number of hydrogen-bond donors (Lipinski definition) is 1. The summed E-state index contributed by atoms with van der Waals surface area (Å²) in [5.41, 5.74) is 2.22. The van der Waals surface area contributed by atoms with E-state index in [9.17, 15) is 9.90 Å². The molecule has 1 aromatic carbocycles. The Balaban J connectivity index is 1.88. The number of benzene rings is 1. The van der Waals surface area contributed by atoms with Gasteiger partial charge in [-0.3, -0.25) is 9.78 Å². The van der Waals surface area contributed by atoms with Crippen molar-refractivity contribution >= 4 is 16.8 Å². The largest absolute Gasteiger partial charge is 0.391 e. The minimum atomic E-state index is -0.413. The van der Waals surface area contributed by atoms with E-state index < -0.39 is 6.10 Å². The van der Waals surface area contributed by atoms with Crippen LogP contribution in [0.3, 0.4) is 0 Å². The summed E-state index contributed by atoms with van der Waals surface area (Å²) in [6.45, 7) is 2.30. The molecule has 4 heteroatoms. The average molecular weight is 284 g/mol. The molecule has 1 atom stereocenters. The number of rotatable bonds is 4. The lowest BCUT2D eigenvalue weighted by Crippen LogP contribution is -2.35. The molecule has 2 aromatic rings. The summed E-state index contributed by atoms with van der Waals surface area (Å²) in [4.78, 5) is 18.7. The SMILES string of the molecule is Cc1ccc2cccc(C(=O)N(C)CC(O)C3CC3)c2n1. The standard InChI is InChI=1S/C17H20N2O2/c1-11-6-7-13-4-3-5-14(16(13)18-11)17(21)19(2)10-15(20)12-8-9-12/h3-7,12,15,20H,8-10H2,1-2H3. The average Bonchev–Trinajstić information content (AvgIpc) is 3.30. The zero-order chi connectivity index (χ0) is 15.0. The van der Waals surface area contributed by atoms with Gasteiger partial charge in [0.1, 0.15) is 0 Å². The van der Waals surface area contributed by atoms with Crippen LogP contribution in [0.5, 0.6) is 0 Å². The molecule has 0 spiro atoms. The van der Waals surface area contributed by atoms with Crippen LogP contribution < -0.4 is 0 Å². The molecule has 0 radical (unpaired) electrons. The topological polar surface area (TPSA) is 53.4 Å². The zero-order valence-electron chi connectivity index (χ0n) is 12.4. The van der Waals surface area contributed by atoms with Gasteiger partial charge in [0.25, 0.3) is 5.91 Å². The van der Waals surface area contributed by atoms with Crippen LogP contribution in [0, 0.1) is 12.8 Å². The maximum atomic E-state index is 12.6. The van der Waals surface area contributed by atoms with E-state index in [4.69, 9.17) is 0 Å². The first-order valence-electron chi connectivity index (χ1n) is 7.36. The summed E-state index contributed by atoms with van der Waals surface area (Å²) in [5.74, 6) is 0.284. The van der Waals surface area contributed by atoms with Gasteiger partial charge >= 0.3 is 0 Å². The van der Waals surface area contributed by atoms with Crippen LogP contribution in [-0.2, 0) is 0 Å². The number of nitrogens with zero attached hydrogens (tertiary/aromatic N) is 2. The normalized spacial score (nSPS) is 16.0. The maximum Gasteiger partial charge on any atom is 0.255 e. The molecular formula is C17H20N2O2. The fourth-order valence-electron chi connectivity index (χ4n) is 2.62. The molecule has 0 bridgehead atoms. The maximum absolute atomic E-state index is 12.6. The fourth-order valence-corrected chi connectivity index (χ4v) is 2.62. The number of para-hydroxylation sites is 1. The number of amides is 1. The van der Waals surface area contributed by atoms with Gasteiger partial charge in [0, 0.05) is 24.7 Å². The van der Waals surface area contributed by atoms with Crippen LogP contribution >= 0.6 is 0 Å². The van der Waals surface area contributed by atoms with Gasteiger partial charge in [-0.1, -0.05) is 18.2 Å². The Morgan fingerprint density at radius 1 is 1.38 bits per heavy atom. The van der Waals surface area contributed by atoms with Gasteiger partial charge in [0.15, 0.2) is 0 Å². The third-order valence-electron chi connectivity index (χ3n) is 4.06. The van der Waals surface area contributed by atoms with Crippen LogP contribution in [-0.4, -0.2) is 40.6 Å². The summed E-state index contributed by atoms with van der Waals surface area (Å²) < 4.78 is 0. The highest BCUT2D eigenvalue weighted by Crippen LogP contribution is 2.33. The third-order valence-corrected chi connectivity index (χ3v) is 4.06. The molecule has 1 N–H and O–H groups in total. The van der Waals surface area contributed by atoms with Gasteiger partial charge in [-0.15, -0.1) is 0 Å². The fraction of sp³-hybridized carbons (Fsp3) is 0.412. The van der Waals surface area contributed by atoms with Crippen molar-refractivity contribution in [1.82, 2.24) is 9.88 Å². The highest BCUT2D eigenvalue weighted by Gasteiger charge is 2.31. The van der Waals surface area contributed by atoms with Crippen LogP contribution in [0.1, 0.15) is 28.9 Å². The van der Waals surface area contributed by atoms with E-state index in [0.29, 0.717) is 18.0 Å². The van der Waals surface area contributed by atoms with E-state index in [-0.39, 0.29) is 5.91 Å². The molecule has 1 fully saturated rings. The number of aliphatic hydroxyl groups excluding tert-OH is 1. The quantitative estimate of drug-likeness (QED) is 0.938. The Kier molecular flexibility index (Phi) is 3.64. The Hall–Kier alpha value is -1.94. The number of pyridine rings is 1. The van der Waals surface area contributed by atoms with Crippen LogP contribution in [0.4, 0.5) is 0 Å². The summed E-state index contributed by atoms with van der Waals surface area (Å²) in [5, 5.41) is 11.0. The summed E-state index contributed by atoms with van der Waals surface area (Å²) in [6, 6.07) is 9.55. The van der Waals surface area contributed by atoms with E-state index in [2.05, 4.69) is 4.98 Å². The molecule has 1 saturated carbocycles. The second-order valence-electron chi connectivity index (χ2n) is 5.92. The van der Waals surface area contributed by atoms with Crippen molar-refractivity contribution in [3.05, 3.63) is 41.6 Å². The summed E-state index contributed by atoms with van der Waals surface area (Å²) in [7, 11) is 1.74. The molecule has 1 aliphatic carbocycles. The van der Waals surface area contributed by atoms with Gasteiger partial charge in [0.2, 0.25) is 0 Å². The molecule has 3 rings (SSSR count). The molecule has 21 heavy (non-hydrogen) atoms. The second kappa shape index (κ2) is 5.45. The van der Waals surface area contributed by atoms with Crippen molar-refractivity contribution in [3.8, 4) is 0 Å². The molecule has 0 saturated heterocycles. The number of aliphatic hydroxyl groups is 1. The first-order chi connectivity index (χ1) is 10.1. The predicted octanol–water partition coefficient (Wildman–Crippen LogP) is 2.39. The van der Waals surface area contributed by atoms with Crippen molar-refractivity contribution in [2.45, 2.75) is 25.9 Å². The number of aromatic nitrogens is 1. The lowest BCUT2D eigenvalue weighted by molar-refractivity contribution is 0.0647. The Labute approximate surface area is 124 Å². The lowest BCUT2D eigenvalue weighted by Gasteiger charge is -2.21. The molecule has 110 valence electrons. The van der Waals surface area contributed by atoms with Gasteiger partial charge in [0.05, 0.1) is 17.2 Å². The highest BCUT2D eigenvalue weighted by molar-refractivity contribution is 6.05. The van der Waals surface area contributed by atoms with Crippen molar-refractivity contribution in [3.63, 3.8) is 0 Å². The molecule has 1 unspecified atom stereocenters. The van der Waals surface area contributed by atoms with E-state index >= 15 is 0 Å². The molecular weight excluding hydrogens is 264 g/mol. The van der Waals surface area contributed by atoms with Crippen molar-refractivity contribution < 1.29 is 9.90 Å². The molecule has 1 heterocycles. The predicted molar refractivity (Wildman–Crippen MR) is 82.2 cm³/mol. The first-order valence-corrected chi connectivity index (χ1v) is 7.36. The van der Waals surface area contributed by atoms with Crippen molar-refractivity contribution in [1.29, 1.82) is 0 Å². The van der Waals surface area contributed by atoms with E-state index in [1.54, 1.807) is 18.0 Å².